The first kappa shape index (κ1) is 13.0. The smallest absolute Gasteiger partial charge is 0.218 e. The molecule has 1 aliphatic heterocycles. The molecule has 0 N–H and O–H groups in total. The van der Waals surface area contributed by atoms with Crippen LogP contribution in [0.3, 0.4) is 0 Å². The first-order valence-electron chi connectivity index (χ1n) is 7.21. The van der Waals surface area contributed by atoms with Crippen molar-refractivity contribution in [3.05, 3.63) is 12.4 Å². The van der Waals surface area contributed by atoms with Gasteiger partial charge in [-0.05, 0) is 19.8 Å². The zero-order chi connectivity index (χ0) is 13.1. The van der Waals surface area contributed by atoms with Crippen molar-refractivity contribution in [2.24, 2.45) is 0 Å². The number of rotatable bonds is 3. The van der Waals surface area contributed by atoms with Gasteiger partial charge in [-0.25, -0.2) is 9.97 Å². The Balaban J connectivity index is 1.81. The quantitative estimate of drug-likeness (QED) is 0.850. The molecular weight excluding hydrogens is 258 g/mol. The van der Waals surface area contributed by atoms with Crippen molar-refractivity contribution in [2.45, 2.75) is 43.9 Å². The average molecular weight is 279 g/mol. The van der Waals surface area contributed by atoms with Crippen molar-refractivity contribution in [1.82, 2.24) is 9.97 Å². The summed E-state index contributed by atoms with van der Waals surface area (Å²) in [4.78, 5) is 11.1. The summed E-state index contributed by atoms with van der Waals surface area (Å²) in [6, 6.07) is 2.64. The molecule has 2 aliphatic rings. The lowest BCUT2D eigenvalue weighted by atomic mass is 9.93. The maximum Gasteiger partial charge on any atom is 0.218 e. The van der Waals surface area contributed by atoms with E-state index in [1.54, 1.807) is 6.33 Å². The third-order valence-corrected chi connectivity index (χ3v) is 5.34. The fourth-order valence-corrected chi connectivity index (χ4v) is 4.54. The number of anilines is 1. The molecule has 0 bridgehead atoms. The average Bonchev–Trinajstić information content (AvgIpc) is 2.47. The lowest BCUT2D eigenvalue weighted by Crippen LogP contribution is -2.49. The molecule has 3 rings (SSSR count). The minimum Gasteiger partial charge on any atom is -0.478 e. The Hall–Kier alpha value is -0.970. The summed E-state index contributed by atoms with van der Waals surface area (Å²) in [7, 11) is 0. The number of hydrogen-bond acceptors (Lipinski definition) is 5. The summed E-state index contributed by atoms with van der Waals surface area (Å²) in [5, 5.41) is 0.785. The molecule has 0 amide bonds. The van der Waals surface area contributed by atoms with Crippen molar-refractivity contribution in [2.75, 3.05) is 23.8 Å². The molecule has 0 spiro atoms. The summed E-state index contributed by atoms with van der Waals surface area (Å²) in [5.41, 5.74) is 0. The van der Waals surface area contributed by atoms with Gasteiger partial charge in [0.25, 0.3) is 0 Å². The minimum absolute atomic E-state index is 0.650. The van der Waals surface area contributed by atoms with Crippen LogP contribution in [0.5, 0.6) is 5.88 Å². The molecule has 1 saturated carbocycles. The molecule has 4 nitrogen and oxygen atoms in total. The number of fused-ring (bicyclic) bond motifs is 1. The molecule has 0 aromatic carbocycles. The first-order chi connectivity index (χ1) is 9.38. The molecule has 0 radical (unpaired) electrons. The standard InChI is InChI=1S/C14H21N3OS/c1-2-18-14-9-13(15-10-16-14)17-7-8-19-12-6-4-3-5-11(12)17/h9-12H,2-8H2,1H3. The summed E-state index contributed by atoms with van der Waals surface area (Å²) < 4.78 is 5.49. The largest absolute Gasteiger partial charge is 0.478 e. The Morgan fingerprint density at radius 3 is 3.16 bits per heavy atom. The SMILES string of the molecule is CCOc1cc(N2CCSC3CCCCC32)ncn1. The predicted octanol–water partition coefficient (Wildman–Crippen LogP) is 2.74. The van der Waals surface area contributed by atoms with Crippen LogP contribution in [0.1, 0.15) is 32.6 Å². The number of ether oxygens (including phenoxy) is 1. The van der Waals surface area contributed by atoms with Crippen LogP contribution in [0.25, 0.3) is 0 Å². The fourth-order valence-electron chi connectivity index (χ4n) is 3.09. The van der Waals surface area contributed by atoms with Gasteiger partial charge in [0.1, 0.15) is 12.1 Å². The second kappa shape index (κ2) is 5.99. The van der Waals surface area contributed by atoms with E-state index in [1.807, 2.05) is 13.0 Å². The Labute approximate surface area is 119 Å². The Morgan fingerprint density at radius 1 is 1.37 bits per heavy atom. The molecule has 5 heteroatoms. The number of hydrogen-bond donors (Lipinski definition) is 0. The van der Waals surface area contributed by atoms with E-state index in [1.165, 1.54) is 31.4 Å². The fraction of sp³-hybridized carbons (Fsp3) is 0.714. The van der Waals surface area contributed by atoms with Gasteiger partial charge in [0.05, 0.1) is 6.61 Å². The molecule has 2 atom stereocenters. The van der Waals surface area contributed by atoms with Crippen LogP contribution in [-0.2, 0) is 0 Å². The molecule has 1 aliphatic carbocycles. The summed E-state index contributed by atoms with van der Waals surface area (Å²) >= 11 is 2.14. The van der Waals surface area contributed by atoms with Gasteiger partial charge in [-0.2, -0.15) is 11.8 Å². The molecule has 104 valence electrons. The highest BCUT2D eigenvalue weighted by Crippen LogP contribution is 2.37. The lowest BCUT2D eigenvalue weighted by Gasteiger charge is -2.44. The first-order valence-corrected chi connectivity index (χ1v) is 8.26. The second-order valence-electron chi connectivity index (χ2n) is 5.10. The molecule has 19 heavy (non-hydrogen) atoms. The maximum absolute atomic E-state index is 5.49. The van der Waals surface area contributed by atoms with E-state index in [9.17, 15) is 0 Å². The Morgan fingerprint density at radius 2 is 2.26 bits per heavy atom. The molecule has 2 unspecified atom stereocenters. The van der Waals surface area contributed by atoms with Gasteiger partial charge < -0.3 is 9.64 Å². The zero-order valence-electron chi connectivity index (χ0n) is 11.4. The third kappa shape index (κ3) is 2.81. The van der Waals surface area contributed by atoms with E-state index in [2.05, 4.69) is 26.6 Å². The van der Waals surface area contributed by atoms with Crippen molar-refractivity contribution in [3.8, 4) is 5.88 Å². The van der Waals surface area contributed by atoms with Crippen molar-refractivity contribution >= 4 is 17.6 Å². The number of aromatic nitrogens is 2. The van der Waals surface area contributed by atoms with Crippen molar-refractivity contribution in [1.29, 1.82) is 0 Å². The van der Waals surface area contributed by atoms with Gasteiger partial charge in [0, 0.05) is 29.7 Å². The van der Waals surface area contributed by atoms with Gasteiger partial charge in [-0.15, -0.1) is 0 Å². The van der Waals surface area contributed by atoms with E-state index in [4.69, 9.17) is 4.74 Å². The predicted molar refractivity (Wildman–Crippen MR) is 79.0 cm³/mol. The number of thioether (sulfide) groups is 1. The highest BCUT2D eigenvalue weighted by Gasteiger charge is 2.34. The second-order valence-corrected chi connectivity index (χ2v) is 6.45. The van der Waals surface area contributed by atoms with Crippen LogP contribution in [0.4, 0.5) is 5.82 Å². The van der Waals surface area contributed by atoms with Gasteiger partial charge in [0.2, 0.25) is 5.88 Å². The Kier molecular flexibility index (Phi) is 4.11. The van der Waals surface area contributed by atoms with Crippen LogP contribution in [0.15, 0.2) is 12.4 Å². The van der Waals surface area contributed by atoms with Crippen molar-refractivity contribution < 1.29 is 4.74 Å². The van der Waals surface area contributed by atoms with E-state index in [0.717, 1.165) is 17.6 Å². The molecule has 2 fully saturated rings. The van der Waals surface area contributed by atoms with Crippen LogP contribution < -0.4 is 9.64 Å². The van der Waals surface area contributed by atoms with Crippen LogP contribution in [0, 0.1) is 0 Å². The van der Waals surface area contributed by atoms with Crippen LogP contribution in [0.2, 0.25) is 0 Å². The maximum atomic E-state index is 5.49. The number of nitrogens with zero attached hydrogens (tertiary/aromatic N) is 3. The third-order valence-electron chi connectivity index (χ3n) is 3.95. The molecular formula is C14H21N3OS. The van der Waals surface area contributed by atoms with E-state index >= 15 is 0 Å². The van der Waals surface area contributed by atoms with E-state index in [0.29, 0.717) is 18.5 Å². The van der Waals surface area contributed by atoms with Crippen molar-refractivity contribution in [3.63, 3.8) is 0 Å². The highest BCUT2D eigenvalue weighted by molar-refractivity contribution is 8.00. The topological polar surface area (TPSA) is 38.2 Å². The summed E-state index contributed by atoms with van der Waals surface area (Å²) in [6.45, 7) is 3.73. The molecule has 1 saturated heterocycles. The normalized spacial score (nSPS) is 26.9. The van der Waals surface area contributed by atoms with E-state index < -0.39 is 0 Å². The Bertz CT molecular complexity index is 427. The monoisotopic (exact) mass is 279 g/mol. The lowest BCUT2D eigenvalue weighted by molar-refractivity contribution is 0.325. The zero-order valence-corrected chi connectivity index (χ0v) is 12.2. The van der Waals surface area contributed by atoms with E-state index in [-0.39, 0.29) is 0 Å². The van der Waals surface area contributed by atoms with Gasteiger partial charge in [0.15, 0.2) is 0 Å². The van der Waals surface area contributed by atoms with Gasteiger partial charge in [-0.1, -0.05) is 12.8 Å². The summed E-state index contributed by atoms with van der Waals surface area (Å²) in [6.07, 6.45) is 7.01. The molecule has 2 heterocycles. The highest BCUT2D eigenvalue weighted by atomic mass is 32.2. The van der Waals surface area contributed by atoms with Crippen LogP contribution >= 0.6 is 11.8 Å². The molecule has 1 aromatic rings. The van der Waals surface area contributed by atoms with Gasteiger partial charge >= 0.3 is 0 Å². The molecule has 1 aromatic heterocycles. The minimum atomic E-state index is 0.650. The van der Waals surface area contributed by atoms with Gasteiger partial charge in [-0.3, -0.25) is 0 Å². The van der Waals surface area contributed by atoms with Crippen LogP contribution in [-0.4, -0.2) is 40.2 Å². The summed E-state index contributed by atoms with van der Waals surface area (Å²) in [5.74, 6) is 2.93.